The van der Waals surface area contributed by atoms with Crippen LogP contribution in [-0.4, -0.2) is 23.5 Å². The number of carbonyl (C=O) groups is 1. The van der Waals surface area contributed by atoms with Gasteiger partial charge in [0.25, 0.3) is 0 Å². The maximum absolute atomic E-state index is 12.6. The van der Waals surface area contributed by atoms with Gasteiger partial charge in [-0.05, 0) is 32.7 Å². The van der Waals surface area contributed by atoms with E-state index in [0.717, 1.165) is 36.1 Å². The van der Waals surface area contributed by atoms with Crippen LogP contribution in [0.2, 0.25) is 0 Å². The Kier molecular flexibility index (Phi) is 7.29. The van der Waals surface area contributed by atoms with Crippen molar-refractivity contribution in [1.82, 2.24) is 15.6 Å². The van der Waals surface area contributed by atoms with Crippen LogP contribution in [0.5, 0.6) is 0 Å². The number of halogens is 4. The molecule has 1 aromatic heterocycles. The molecule has 23 heavy (non-hydrogen) atoms. The predicted octanol–water partition coefficient (Wildman–Crippen LogP) is 3.54. The molecule has 1 unspecified atom stereocenters. The first-order valence-corrected chi connectivity index (χ1v) is 8.25. The lowest BCUT2D eigenvalue weighted by Gasteiger charge is -2.28. The number of alkyl halides is 3. The Bertz CT molecular complexity index is 524. The van der Waals surface area contributed by atoms with Gasteiger partial charge in [-0.2, -0.15) is 13.2 Å². The Balaban J connectivity index is 0.00000264. The monoisotopic (exact) mass is 371 g/mol. The number of aromatic nitrogens is 1. The van der Waals surface area contributed by atoms with Crippen LogP contribution in [0.15, 0.2) is 5.38 Å². The second kappa shape index (κ2) is 8.30. The van der Waals surface area contributed by atoms with E-state index < -0.39 is 17.9 Å². The molecule has 2 heterocycles. The molecule has 3 atom stereocenters. The number of hydrogen-bond acceptors (Lipinski definition) is 4. The van der Waals surface area contributed by atoms with Crippen molar-refractivity contribution in [3.05, 3.63) is 16.1 Å². The van der Waals surface area contributed by atoms with Crippen molar-refractivity contribution in [2.45, 2.75) is 51.4 Å². The van der Waals surface area contributed by atoms with E-state index in [9.17, 15) is 18.0 Å². The molecule has 1 fully saturated rings. The van der Waals surface area contributed by atoms with Gasteiger partial charge < -0.3 is 10.6 Å². The molecule has 0 aromatic carbocycles. The van der Waals surface area contributed by atoms with E-state index in [4.69, 9.17) is 0 Å². The molecular formula is C14H21ClF3N3OS. The van der Waals surface area contributed by atoms with Crippen molar-refractivity contribution in [3.63, 3.8) is 0 Å². The van der Waals surface area contributed by atoms with Gasteiger partial charge in [0, 0.05) is 17.3 Å². The van der Waals surface area contributed by atoms with Crippen molar-refractivity contribution < 1.29 is 18.0 Å². The molecule has 4 nitrogen and oxygen atoms in total. The second-order valence-electron chi connectivity index (χ2n) is 5.61. The van der Waals surface area contributed by atoms with Crippen LogP contribution in [-0.2, 0) is 11.0 Å². The SMILES string of the molecule is CCC(NC(=O)[C@H]1CCN[C@@H](C)C1)c1nc(C(F)(F)F)cs1.Cl. The van der Waals surface area contributed by atoms with E-state index >= 15 is 0 Å². The highest BCUT2D eigenvalue weighted by Gasteiger charge is 2.35. The molecule has 1 saturated heterocycles. The standard InChI is InChI=1S/C14H20F3N3OS.ClH/c1-3-10(13-20-11(7-22-13)14(15,16)17)19-12(21)9-4-5-18-8(2)6-9;/h7-10,18H,3-6H2,1-2H3,(H,19,21);1H/t8-,9-,10?;/m0./s1. The summed E-state index contributed by atoms with van der Waals surface area (Å²) in [5, 5.41) is 7.43. The molecule has 1 aromatic rings. The van der Waals surface area contributed by atoms with Gasteiger partial charge in [-0.1, -0.05) is 6.92 Å². The fraction of sp³-hybridized carbons (Fsp3) is 0.714. The number of amides is 1. The van der Waals surface area contributed by atoms with Crippen LogP contribution >= 0.6 is 23.7 Å². The van der Waals surface area contributed by atoms with Gasteiger partial charge in [-0.25, -0.2) is 4.98 Å². The smallest absolute Gasteiger partial charge is 0.347 e. The molecule has 0 aliphatic carbocycles. The zero-order valence-electron chi connectivity index (χ0n) is 12.9. The van der Waals surface area contributed by atoms with Gasteiger partial charge >= 0.3 is 6.18 Å². The average Bonchev–Trinajstić information content (AvgIpc) is 2.94. The molecule has 2 N–H and O–H groups in total. The van der Waals surface area contributed by atoms with Crippen molar-refractivity contribution in [3.8, 4) is 0 Å². The van der Waals surface area contributed by atoms with Crippen LogP contribution in [0, 0.1) is 5.92 Å². The summed E-state index contributed by atoms with van der Waals surface area (Å²) < 4.78 is 37.8. The molecule has 0 radical (unpaired) electrons. The third kappa shape index (κ3) is 5.32. The van der Waals surface area contributed by atoms with Crippen molar-refractivity contribution >= 4 is 29.7 Å². The molecule has 132 valence electrons. The van der Waals surface area contributed by atoms with Gasteiger partial charge in [-0.15, -0.1) is 23.7 Å². The molecule has 1 aliphatic rings. The van der Waals surface area contributed by atoms with Gasteiger partial charge in [0.05, 0.1) is 6.04 Å². The van der Waals surface area contributed by atoms with E-state index in [0.29, 0.717) is 11.4 Å². The van der Waals surface area contributed by atoms with Crippen LogP contribution in [0.4, 0.5) is 13.2 Å². The molecule has 0 bridgehead atoms. The van der Waals surface area contributed by atoms with Crippen molar-refractivity contribution in [2.75, 3.05) is 6.54 Å². The second-order valence-corrected chi connectivity index (χ2v) is 6.50. The molecule has 2 rings (SSSR count). The van der Waals surface area contributed by atoms with E-state index in [2.05, 4.69) is 15.6 Å². The first-order valence-electron chi connectivity index (χ1n) is 7.37. The Morgan fingerprint density at radius 1 is 1.57 bits per heavy atom. The highest BCUT2D eigenvalue weighted by Crippen LogP contribution is 2.32. The number of piperidine rings is 1. The van der Waals surface area contributed by atoms with Crippen molar-refractivity contribution in [1.29, 1.82) is 0 Å². The Morgan fingerprint density at radius 2 is 2.26 bits per heavy atom. The first kappa shape index (κ1) is 20.2. The maximum Gasteiger partial charge on any atom is 0.434 e. The quantitative estimate of drug-likeness (QED) is 0.851. The normalized spacial score (nSPS) is 23.0. The zero-order chi connectivity index (χ0) is 16.3. The van der Waals surface area contributed by atoms with Crippen LogP contribution in [0.3, 0.4) is 0 Å². The summed E-state index contributed by atoms with van der Waals surface area (Å²) in [5.41, 5.74) is -0.893. The lowest BCUT2D eigenvalue weighted by atomic mass is 9.92. The van der Waals surface area contributed by atoms with Crippen LogP contribution in [0.1, 0.15) is 49.9 Å². The molecule has 9 heteroatoms. The summed E-state index contributed by atoms with van der Waals surface area (Å²) in [5.74, 6) is -0.184. The van der Waals surface area contributed by atoms with Crippen LogP contribution < -0.4 is 10.6 Å². The van der Waals surface area contributed by atoms with Gasteiger partial charge in [-0.3, -0.25) is 4.79 Å². The first-order chi connectivity index (χ1) is 10.3. The molecular weight excluding hydrogens is 351 g/mol. The molecule has 1 amide bonds. The van der Waals surface area contributed by atoms with Crippen LogP contribution in [0.25, 0.3) is 0 Å². The summed E-state index contributed by atoms with van der Waals surface area (Å²) in [6, 6.07) is -0.180. The number of rotatable bonds is 4. The summed E-state index contributed by atoms with van der Waals surface area (Å²) >= 11 is 0.940. The zero-order valence-corrected chi connectivity index (χ0v) is 14.6. The lowest BCUT2D eigenvalue weighted by Crippen LogP contribution is -2.43. The number of nitrogens with one attached hydrogen (secondary N) is 2. The molecule has 0 saturated carbocycles. The number of hydrogen-bond donors (Lipinski definition) is 2. The Morgan fingerprint density at radius 3 is 2.78 bits per heavy atom. The number of nitrogens with zero attached hydrogens (tertiary/aromatic N) is 1. The predicted molar refractivity (Wildman–Crippen MR) is 85.7 cm³/mol. The third-order valence-corrected chi connectivity index (χ3v) is 4.79. The fourth-order valence-electron chi connectivity index (χ4n) is 2.58. The van der Waals surface area contributed by atoms with E-state index in [1.165, 1.54) is 0 Å². The Hall–Kier alpha value is -0.860. The minimum absolute atomic E-state index is 0. The minimum atomic E-state index is -4.44. The van der Waals surface area contributed by atoms with E-state index in [1.807, 2.05) is 13.8 Å². The molecule has 0 spiro atoms. The Labute approximate surface area is 143 Å². The number of thiazole rings is 1. The summed E-state index contributed by atoms with van der Waals surface area (Å²) in [7, 11) is 0. The van der Waals surface area contributed by atoms with Gasteiger partial charge in [0.1, 0.15) is 5.01 Å². The summed E-state index contributed by atoms with van der Waals surface area (Å²) in [6.07, 6.45) is -2.44. The van der Waals surface area contributed by atoms with E-state index in [1.54, 1.807) is 0 Å². The lowest BCUT2D eigenvalue weighted by molar-refractivity contribution is -0.140. The minimum Gasteiger partial charge on any atom is -0.347 e. The average molecular weight is 372 g/mol. The van der Waals surface area contributed by atoms with Crippen molar-refractivity contribution in [2.24, 2.45) is 5.92 Å². The fourth-order valence-corrected chi connectivity index (χ4v) is 3.54. The van der Waals surface area contributed by atoms with Gasteiger partial charge in [0.2, 0.25) is 5.91 Å². The molecule has 1 aliphatic heterocycles. The van der Waals surface area contributed by atoms with Gasteiger partial charge in [0.15, 0.2) is 5.69 Å². The summed E-state index contributed by atoms with van der Waals surface area (Å²) in [4.78, 5) is 15.9. The topological polar surface area (TPSA) is 54.0 Å². The third-order valence-electron chi connectivity index (χ3n) is 3.83. The largest absolute Gasteiger partial charge is 0.434 e. The highest BCUT2D eigenvalue weighted by atomic mass is 35.5. The van der Waals surface area contributed by atoms with E-state index in [-0.39, 0.29) is 30.3 Å². The summed E-state index contributed by atoms with van der Waals surface area (Å²) in [6.45, 7) is 4.63. The number of carbonyl (C=O) groups excluding carboxylic acids is 1. The highest BCUT2D eigenvalue weighted by molar-refractivity contribution is 7.09. The maximum atomic E-state index is 12.6.